The predicted molar refractivity (Wildman–Crippen MR) is 60.1 cm³/mol. The third-order valence-corrected chi connectivity index (χ3v) is 3.54. The number of nitrogens with one attached hydrogen (secondary N) is 1. The summed E-state index contributed by atoms with van der Waals surface area (Å²) in [6.45, 7) is 4.12. The number of amides is 1. The zero-order chi connectivity index (χ0) is 12.3. The van der Waals surface area contributed by atoms with Crippen LogP contribution in [0, 0.1) is 0 Å². The number of hydrogen-bond donors (Lipinski definition) is 2. The van der Waals surface area contributed by atoms with Crippen LogP contribution < -0.4 is 5.32 Å². The SMILES string of the molecule is CCC1(C(=O)O)CCCN1C(=O)C(C)NC. The van der Waals surface area contributed by atoms with E-state index in [1.165, 1.54) is 4.90 Å². The van der Waals surface area contributed by atoms with Gasteiger partial charge in [0.05, 0.1) is 6.04 Å². The molecule has 0 aromatic rings. The monoisotopic (exact) mass is 228 g/mol. The standard InChI is InChI=1S/C11H20N2O3/c1-4-11(10(15)16)6-5-7-13(11)9(14)8(2)12-3/h8,12H,4-7H2,1-3H3,(H,15,16). The smallest absolute Gasteiger partial charge is 0.329 e. The molecule has 1 saturated heterocycles. The average molecular weight is 228 g/mol. The Labute approximate surface area is 95.8 Å². The van der Waals surface area contributed by atoms with Crippen LogP contribution in [0.15, 0.2) is 0 Å². The van der Waals surface area contributed by atoms with E-state index in [2.05, 4.69) is 5.32 Å². The molecule has 0 aromatic carbocycles. The molecule has 1 rings (SSSR count). The van der Waals surface area contributed by atoms with Crippen LogP contribution in [-0.2, 0) is 9.59 Å². The number of aliphatic carboxylic acids is 1. The zero-order valence-electron chi connectivity index (χ0n) is 10.1. The van der Waals surface area contributed by atoms with Crippen LogP contribution in [0.25, 0.3) is 0 Å². The highest BCUT2D eigenvalue weighted by atomic mass is 16.4. The van der Waals surface area contributed by atoms with E-state index in [0.29, 0.717) is 19.4 Å². The second-order valence-corrected chi connectivity index (χ2v) is 4.29. The lowest BCUT2D eigenvalue weighted by Crippen LogP contribution is -2.56. The van der Waals surface area contributed by atoms with Crippen LogP contribution in [0.4, 0.5) is 0 Å². The first-order valence-electron chi connectivity index (χ1n) is 5.71. The van der Waals surface area contributed by atoms with Gasteiger partial charge in [-0.25, -0.2) is 4.79 Å². The Bertz CT molecular complexity index is 293. The lowest BCUT2D eigenvalue weighted by Gasteiger charge is -2.35. The summed E-state index contributed by atoms with van der Waals surface area (Å²) >= 11 is 0. The summed E-state index contributed by atoms with van der Waals surface area (Å²) in [5, 5.41) is 12.2. The molecule has 0 aliphatic carbocycles. The number of carboxylic acid groups (broad SMARTS) is 1. The molecular weight excluding hydrogens is 208 g/mol. The molecule has 1 heterocycles. The molecule has 1 aliphatic heterocycles. The summed E-state index contributed by atoms with van der Waals surface area (Å²) < 4.78 is 0. The summed E-state index contributed by atoms with van der Waals surface area (Å²) in [5.74, 6) is -1.01. The van der Waals surface area contributed by atoms with Gasteiger partial charge in [0, 0.05) is 6.54 Å². The number of carbonyl (C=O) groups is 2. The quantitative estimate of drug-likeness (QED) is 0.733. The van der Waals surface area contributed by atoms with Crippen molar-refractivity contribution in [2.75, 3.05) is 13.6 Å². The van der Waals surface area contributed by atoms with Crippen molar-refractivity contribution in [3.63, 3.8) is 0 Å². The van der Waals surface area contributed by atoms with Gasteiger partial charge in [-0.05, 0) is 33.2 Å². The highest BCUT2D eigenvalue weighted by molar-refractivity contribution is 5.90. The fourth-order valence-electron chi connectivity index (χ4n) is 2.30. The molecule has 1 aliphatic rings. The molecule has 0 radical (unpaired) electrons. The summed E-state index contributed by atoms with van der Waals surface area (Å²) in [5.41, 5.74) is -0.984. The van der Waals surface area contributed by atoms with Crippen molar-refractivity contribution in [1.82, 2.24) is 10.2 Å². The number of carbonyl (C=O) groups excluding carboxylic acids is 1. The molecule has 1 fully saturated rings. The van der Waals surface area contributed by atoms with Gasteiger partial charge in [-0.15, -0.1) is 0 Å². The Hall–Kier alpha value is -1.10. The van der Waals surface area contributed by atoms with Crippen LogP contribution in [0.2, 0.25) is 0 Å². The van der Waals surface area contributed by atoms with Crippen molar-refractivity contribution in [3.05, 3.63) is 0 Å². The van der Waals surface area contributed by atoms with E-state index < -0.39 is 11.5 Å². The van der Waals surface area contributed by atoms with E-state index >= 15 is 0 Å². The minimum Gasteiger partial charge on any atom is -0.479 e. The van der Waals surface area contributed by atoms with Crippen molar-refractivity contribution < 1.29 is 14.7 Å². The topological polar surface area (TPSA) is 69.6 Å². The number of carboxylic acids is 1. The molecular formula is C11H20N2O3. The van der Waals surface area contributed by atoms with Crippen LogP contribution in [0.1, 0.15) is 33.1 Å². The van der Waals surface area contributed by atoms with E-state index in [1.54, 1.807) is 14.0 Å². The average Bonchev–Trinajstić information content (AvgIpc) is 2.71. The maximum absolute atomic E-state index is 12.1. The van der Waals surface area contributed by atoms with Gasteiger partial charge in [0.2, 0.25) is 5.91 Å². The van der Waals surface area contributed by atoms with E-state index in [-0.39, 0.29) is 11.9 Å². The Morgan fingerprint density at radius 2 is 2.19 bits per heavy atom. The zero-order valence-corrected chi connectivity index (χ0v) is 10.1. The molecule has 2 unspecified atom stereocenters. The molecule has 0 aromatic heterocycles. The molecule has 92 valence electrons. The first-order valence-corrected chi connectivity index (χ1v) is 5.71. The van der Waals surface area contributed by atoms with E-state index in [4.69, 9.17) is 0 Å². The van der Waals surface area contributed by atoms with Crippen LogP contribution in [-0.4, -0.2) is 47.1 Å². The number of likely N-dealkylation sites (N-methyl/N-ethyl adjacent to an activating group) is 1. The summed E-state index contributed by atoms with van der Waals surface area (Å²) in [6.07, 6.45) is 1.79. The Morgan fingerprint density at radius 1 is 1.56 bits per heavy atom. The number of likely N-dealkylation sites (tertiary alicyclic amines) is 1. The number of rotatable bonds is 4. The maximum atomic E-state index is 12.1. The molecule has 16 heavy (non-hydrogen) atoms. The van der Waals surface area contributed by atoms with Crippen molar-refractivity contribution in [2.45, 2.75) is 44.7 Å². The second kappa shape index (κ2) is 4.82. The lowest BCUT2D eigenvalue weighted by molar-refractivity contribution is -0.157. The minimum atomic E-state index is -0.984. The highest BCUT2D eigenvalue weighted by Crippen LogP contribution is 2.33. The van der Waals surface area contributed by atoms with E-state index in [1.807, 2.05) is 6.92 Å². The number of hydrogen-bond acceptors (Lipinski definition) is 3. The fraction of sp³-hybridized carbons (Fsp3) is 0.818. The maximum Gasteiger partial charge on any atom is 0.329 e. The van der Waals surface area contributed by atoms with Gasteiger partial charge in [-0.1, -0.05) is 6.92 Å². The van der Waals surface area contributed by atoms with Crippen LogP contribution >= 0.6 is 0 Å². The molecule has 5 heteroatoms. The van der Waals surface area contributed by atoms with Crippen LogP contribution in [0.3, 0.4) is 0 Å². The van der Waals surface area contributed by atoms with Crippen molar-refractivity contribution >= 4 is 11.9 Å². The van der Waals surface area contributed by atoms with Gasteiger partial charge in [0.25, 0.3) is 0 Å². The number of nitrogens with zero attached hydrogens (tertiary/aromatic N) is 1. The third kappa shape index (κ3) is 1.91. The van der Waals surface area contributed by atoms with Gasteiger partial charge in [0.1, 0.15) is 5.54 Å². The Kier molecular flexibility index (Phi) is 3.91. The Morgan fingerprint density at radius 3 is 2.62 bits per heavy atom. The van der Waals surface area contributed by atoms with Gasteiger partial charge in [-0.3, -0.25) is 4.79 Å². The second-order valence-electron chi connectivity index (χ2n) is 4.29. The van der Waals surface area contributed by atoms with Crippen molar-refractivity contribution in [1.29, 1.82) is 0 Å². The van der Waals surface area contributed by atoms with Crippen LogP contribution in [0.5, 0.6) is 0 Å². The molecule has 0 bridgehead atoms. The third-order valence-electron chi connectivity index (χ3n) is 3.54. The predicted octanol–water partition coefficient (Wildman–Crippen LogP) is 0.450. The van der Waals surface area contributed by atoms with E-state index in [0.717, 1.165) is 6.42 Å². The highest BCUT2D eigenvalue weighted by Gasteiger charge is 2.49. The van der Waals surface area contributed by atoms with Gasteiger partial charge >= 0.3 is 5.97 Å². The molecule has 2 atom stereocenters. The first kappa shape index (κ1) is 13.0. The van der Waals surface area contributed by atoms with E-state index in [9.17, 15) is 14.7 Å². The molecule has 0 saturated carbocycles. The summed E-state index contributed by atoms with van der Waals surface area (Å²) in [6, 6.07) is -0.330. The summed E-state index contributed by atoms with van der Waals surface area (Å²) in [7, 11) is 1.70. The normalized spacial score (nSPS) is 26.8. The summed E-state index contributed by atoms with van der Waals surface area (Å²) in [4.78, 5) is 24.9. The van der Waals surface area contributed by atoms with Gasteiger partial charge in [0.15, 0.2) is 0 Å². The van der Waals surface area contributed by atoms with Gasteiger partial charge < -0.3 is 15.3 Å². The molecule has 1 amide bonds. The van der Waals surface area contributed by atoms with Crippen molar-refractivity contribution in [3.8, 4) is 0 Å². The fourth-order valence-corrected chi connectivity index (χ4v) is 2.30. The molecule has 5 nitrogen and oxygen atoms in total. The molecule has 2 N–H and O–H groups in total. The Balaban J connectivity index is 2.94. The molecule has 0 spiro atoms. The van der Waals surface area contributed by atoms with Crippen molar-refractivity contribution in [2.24, 2.45) is 0 Å². The largest absolute Gasteiger partial charge is 0.479 e. The lowest BCUT2D eigenvalue weighted by atomic mass is 9.92. The first-order chi connectivity index (χ1) is 7.49. The van der Waals surface area contributed by atoms with Gasteiger partial charge in [-0.2, -0.15) is 0 Å². The minimum absolute atomic E-state index is 0.121.